The molecular formula is C11H14F3NO. The van der Waals surface area contributed by atoms with Crippen molar-refractivity contribution in [1.29, 1.82) is 0 Å². The number of rotatable bonds is 6. The summed E-state index contributed by atoms with van der Waals surface area (Å²) in [6.45, 7) is 3.37. The molecule has 0 aliphatic heterocycles. The van der Waals surface area contributed by atoms with E-state index in [4.69, 9.17) is 4.74 Å². The van der Waals surface area contributed by atoms with Crippen LogP contribution in [-0.4, -0.2) is 19.8 Å². The van der Waals surface area contributed by atoms with Crippen molar-refractivity contribution in [3.05, 3.63) is 29.6 Å². The van der Waals surface area contributed by atoms with Crippen LogP contribution in [0.4, 0.5) is 18.9 Å². The van der Waals surface area contributed by atoms with Crippen LogP contribution in [0.3, 0.4) is 0 Å². The molecule has 1 aromatic rings. The van der Waals surface area contributed by atoms with Gasteiger partial charge in [-0.05, 0) is 13.3 Å². The molecular weight excluding hydrogens is 219 g/mol. The Labute approximate surface area is 92.4 Å². The Kier molecular flexibility index (Phi) is 5.11. The fraction of sp³-hybridized carbons (Fsp3) is 0.455. The lowest BCUT2D eigenvalue weighted by Crippen LogP contribution is -2.08. The van der Waals surface area contributed by atoms with Crippen molar-refractivity contribution in [3.8, 4) is 0 Å². The molecule has 0 unspecified atom stereocenters. The van der Waals surface area contributed by atoms with Gasteiger partial charge in [-0.15, -0.1) is 0 Å². The minimum atomic E-state index is -0.922. The Balaban J connectivity index is 2.47. The van der Waals surface area contributed by atoms with Crippen molar-refractivity contribution in [2.45, 2.75) is 13.3 Å². The maximum atomic E-state index is 13.1. The molecule has 0 aromatic heterocycles. The third-order valence-electron chi connectivity index (χ3n) is 1.98. The highest BCUT2D eigenvalue weighted by Gasteiger charge is 2.10. The Bertz CT molecular complexity index is 321. The van der Waals surface area contributed by atoms with Crippen LogP contribution in [0.1, 0.15) is 13.3 Å². The van der Waals surface area contributed by atoms with Gasteiger partial charge in [0.1, 0.15) is 11.5 Å². The zero-order chi connectivity index (χ0) is 12.0. The van der Waals surface area contributed by atoms with Crippen LogP contribution in [0.15, 0.2) is 12.1 Å². The molecule has 90 valence electrons. The van der Waals surface area contributed by atoms with E-state index in [1.165, 1.54) is 0 Å². The summed E-state index contributed by atoms with van der Waals surface area (Å²) in [5.41, 5.74) is -0.294. The SMILES string of the molecule is CCOCCCNc1c(F)cc(F)cc1F. The minimum absolute atomic E-state index is 0.294. The lowest BCUT2D eigenvalue weighted by Gasteiger charge is -2.08. The molecule has 0 saturated heterocycles. The standard InChI is InChI=1S/C11H14F3NO/c1-2-16-5-3-4-15-11-9(13)6-8(12)7-10(11)14/h6-7,15H,2-5H2,1H3. The molecule has 2 nitrogen and oxygen atoms in total. The van der Waals surface area contributed by atoms with E-state index in [9.17, 15) is 13.2 Å². The lowest BCUT2D eigenvalue weighted by molar-refractivity contribution is 0.147. The molecule has 0 heterocycles. The van der Waals surface area contributed by atoms with Gasteiger partial charge in [-0.3, -0.25) is 0 Å². The molecule has 0 saturated carbocycles. The topological polar surface area (TPSA) is 21.3 Å². The molecule has 0 bridgehead atoms. The molecule has 0 aliphatic rings. The predicted octanol–water partition coefficient (Wildman–Crippen LogP) is 2.94. The molecule has 0 fully saturated rings. The Morgan fingerprint density at radius 3 is 2.38 bits per heavy atom. The predicted molar refractivity (Wildman–Crippen MR) is 55.9 cm³/mol. The molecule has 0 aliphatic carbocycles. The van der Waals surface area contributed by atoms with Gasteiger partial charge in [-0.1, -0.05) is 0 Å². The summed E-state index contributed by atoms with van der Waals surface area (Å²) < 4.78 is 43.9. The molecule has 1 N–H and O–H groups in total. The van der Waals surface area contributed by atoms with E-state index in [0.29, 0.717) is 38.3 Å². The molecule has 0 spiro atoms. The zero-order valence-corrected chi connectivity index (χ0v) is 9.03. The highest BCUT2D eigenvalue weighted by atomic mass is 19.1. The molecule has 16 heavy (non-hydrogen) atoms. The highest BCUT2D eigenvalue weighted by molar-refractivity contribution is 5.46. The summed E-state index contributed by atoms with van der Waals surface area (Å²) in [6, 6.07) is 1.29. The number of anilines is 1. The third-order valence-corrected chi connectivity index (χ3v) is 1.98. The van der Waals surface area contributed by atoms with E-state index in [1.807, 2.05) is 6.92 Å². The fourth-order valence-corrected chi connectivity index (χ4v) is 1.24. The van der Waals surface area contributed by atoms with Crippen molar-refractivity contribution in [2.75, 3.05) is 25.1 Å². The summed E-state index contributed by atoms with van der Waals surface area (Å²) in [7, 11) is 0. The van der Waals surface area contributed by atoms with Gasteiger partial charge in [0, 0.05) is 31.9 Å². The maximum absolute atomic E-state index is 13.1. The number of hydrogen-bond acceptors (Lipinski definition) is 2. The van der Waals surface area contributed by atoms with Crippen molar-refractivity contribution in [2.24, 2.45) is 0 Å². The van der Waals surface area contributed by atoms with Crippen LogP contribution in [0.2, 0.25) is 0 Å². The second kappa shape index (κ2) is 6.37. The number of hydrogen-bond donors (Lipinski definition) is 1. The highest BCUT2D eigenvalue weighted by Crippen LogP contribution is 2.19. The Morgan fingerprint density at radius 2 is 1.81 bits per heavy atom. The molecule has 5 heteroatoms. The van der Waals surface area contributed by atoms with Crippen molar-refractivity contribution in [3.63, 3.8) is 0 Å². The van der Waals surface area contributed by atoms with Crippen molar-refractivity contribution >= 4 is 5.69 Å². The van der Waals surface area contributed by atoms with Crippen LogP contribution >= 0.6 is 0 Å². The lowest BCUT2D eigenvalue weighted by atomic mass is 10.2. The maximum Gasteiger partial charge on any atom is 0.152 e. The summed E-state index contributed by atoms with van der Waals surface area (Å²) in [6.07, 6.45) is 0.629. The van der Waals surface area contributed by atoms with Gasteiger partial charge < -0.3 is 10.1 Å². The van der Waals surface area contributed by atoms with Crippen LogP contribution in [0.25, 0.3) is 0 Å². The summed E-state index contributed by atoms with van der Waals surface area (Å²) in [5.74, 6) is -2.77. The molecule has 0 radical (unpaired) electrons. The van der Waals surface area contributed by atoms with Gasteiger partial charge in [0.15, 0.2) is 11.6 Å². The van der Waals surface area contributed by atoms with E-state index in [1.54, 1.807) is 0 Å². The zero-order valence-electron chi connectivity index (χ0n) is 9.03. The Hall–Kier alpha value is -1.23. The summed E-state index contributed by atoms with van der Waals surface area (Å²) >= 11 is 0. The van der Waals surface area contributed by atoms with Gasteiger partial charge in [0.05, 0.1) is 0 Å². The van der Waals surface area contributed by atoms with E-state index in [-0.39, 0.29) is 5.69 Å². The number of nitrogens with one attached hydrogen (secondary N) is 1. The molecule has 0 atom stereocenters. The first kappa shape index (κ1) is 12.8. The first-order chi connectivity index (χ1) is 7.65. The first-order valence-corrected chi connectivity index (χ1v) is 5.11. The van der Waals surface area contributed by atoms with Crippen LogP contribution in [0.5, 0.6) is 0 Å². The summed E-state index contributed by atoms with van der Waals surface area (Å²) in [5, 5.41) is 2.57. The van der Waals surface area contributed by atoms with E-state index < -0.39 is 17.5 Å². The number of halogens is 3. The largest absolute Gasteiger partial charge is 0.382 e. The van der Waals surface area contributed by atoms with Crippen LogP contribution in [0, 0.1) is 17.5 Å². The smallest absolute Gasteiger partial charge is 0.152 e. The van der Waals surface area contributed by atoms with Gasteiger partial charge in [0.2, 0.25) is 0 Å². The molecule has 0 amide bonds. The van der Waals surface area contributed by atoms with Crippen LogP contribution in [-0.2, 0) is 4.74 Å². The monoisotopic (exact) mass is 233 g/mol. The van der Waals surface area contributed by atoms with Gasteiger partial charge in [0.25, 0.3) is 0 Å². The quantitative estimate of drug-likeness (QED) is 0.763. The normalized spacial score (nSPS) is 10.5. The summed E-state index contributed by atoms with van der Waals surface area (Å²) in [4.78, 5) is 0. The van der Waals surface area contributed by atoms with E-state index in [0.717, 1.165) is 0 Å². The second-order valence-corrected chi connectivity index (χ2v) is 3.22. The Morgan fingerprint density at radius 1 is 1.19 bits per heavy atom. The fourth-order valence-electron chi connectivity index (χ4n) is 1.24. The van der Waals surface area contributed by atoms with Gasteiger partial charge in [-0.2, -0.15) is 0 Å². The second-order valence-electron chi connectivity index (χ2n) is 3.22. The number of benzene rings is 1. The van der Waals surface area contributed by atoms with Gasteiger partial charge in [-0.25, -0.2) is 13.2 Å². The number of ether oxygens (including phenoxy) is 1. The van der Waals surface area contributed by atoms with E-state index >= 15 is 0 Å². The van der Waals surface area contributed by atoms with Gasteiger partial charge >= 0.3 is 0 Å². The minimum Gasteiger partial charge on any atom is -0.382 e. The average molecular weight is 233 g/mol. The first-order valence-electron chi connectivity index (χ1n) is 5.11. The van der Waals surface area contributed by atoms with Crippen molar-refractivity contribution in [1.82, 2.24) is 0 Å². The third kappa shape index (κ3) is 3.73. The van der Waals surface area contributed by atoms with E-state index in [2.05, 4.69) is 5.32 Å². The van der Waals surface area contributed by atoms with Crippen molar-refractivity contribution < 1.29 is 17.9 Å². The molecule has 1 rings (SSSR count). The molecule has 1 aromatic carbocycles. The average Bonchev–Trinajstić information content (AvgIpc) is 2.20. The van der Waals surface area contributed by atoms with Crippen LogP contribution < -0.4 is 5.32 Å².